The van der Waals surface area contributed by atoms with E-state index in [0.717, 1.165) is 12.8 Å². The van der Waals surface area contributed by atoms with Gasteiger partial charge in [0.05, 0.1) is 53.8 Å². The fourth-order valence-electron chi connectivity index (χ4n) is 3.57. The van der Waals surface area contributed by atoms with Crippen LogP contribution < -0.4 is 26.0 Å². The van der Waals surface area contributed by atoms with Crippen molar-refractivity contribution in [3.63, 3.8) is 0 Å². The number of nitrogens with zero attached hydrogens (tertiary/aromatic N) is 3. The molecule has 2 aromatic heterocycles. The molecule has 6 radical (unpaired) electrons. The number of thiazole rings is 1. The Hall–Kier alpha value is -4.07. The summed E-state index contributed by atoms with van der Waals surface area (Å²) in [5, 5.41) is 17.6. The summed E-state index contributed by atoms with van der Waals surface area (Å²) in [5.41, 5.74) is 0.349. The number of carbonyl (C=O) groups excluding carboxylic acids is 3. The standard InChI is InChI=1S/C25H26B3N7O5S/c1-24(2,3)40-23(38)32-17-11-29-22(41-17)13-6-5-7-14(19(13)39-4)30-15-10-16(31-20(36)12-8-9-12)34-35-18(15)21(37)33-25(26,27)28/h5-7,10-12H,8-9H2,1-4H3,(H,32,38)(H,33,37)(H2,30,31,34,36). The zero-order chi connectivity index (χ0) is 29.9. The third-order valence-corrected chi connectivity index (χ3v) is 6.33. The monoisotopic (exact) mass is 569 g/mol. The molecule has 2 heterocycles. The van der Waals surface area contributed by atoms with Crippen LogP contribution in [0.2, 0.25) is 0 Å². The van der Waals surface area contributed by atoms with Crippen LogP contribution in [-0.2, 0) is 9.53 Å². The fourth-order valence-corrected chi connectivity index (χ4v) is 4.40. The Bertz CT molecular complexity index is 1470. The van der Waals surface area contributed by atoms with Crippen LogP contribution in [0.1, 0.15) is 44.1 Å². The van der Waals surface area contributed by atoms with Crippen LogP contribution in [0.3, 0.4) is 0 Å². The maximum atomic E-state index is 12.9. The number of para-hydroxylation sites is 1. The summed E-state index contributed by atoms with van der Waals surface area (Å²) in [7, 11) is 18.1. The predicted octanol–water partition coefficient (Wildman–Crippen LogP) is 2.89. The van der Waals surface area contributed by atoms with Gasteiger partial charge in [-0.3, -0.25) is 14.9 Å². The highest BCUT2D eigenvalue weighted by atomic mass is 32.1. The number of rotatable bonds is 9. The van der Waals surface area contributed by atoms with E-state index in [1.54, 1.807) is 39.0 Å². The van der Waals surface area contributed by atoms with Gasteiger partial charge in [0.2, 0.25) is 5.91 Å². The highest BCUT2D eigenvalue weighted by Gasteiger charge is 2.30. The van der Waals surface area contributed by atoms with Gasteiger partial charge in [-0.1, -0.05) is 22.6 Å². The van der Waals surface area contributed by atoms with Gasteiger partial charge in [0.25, 0.3) is 5.91 Å². The largest absolute Gasteiger partial charge is 0.494 e. The molecule has 0 bridgehead atoms. The summed E-state index contributed by atoms with van der Waals surface area (Å²) >= 11 is 1.21. The Balaban J connectivity index is 1.65. The topological polar surface area (TPSA) is 156 Å². The maximum absolute atomic E-state index is 12.9. The van der Waals surface area contributed by atoms with Crippen LogP contribution in [0.15, 0.2) is 30.5 Å². The normalized spacial score (nSPS) is 13.2. The molecular formula is C25H26B3N7O5S. The molecule has 4 N–H and O–H groups in total. The first-order valence-electron chi connectivity index (χ1n) is 12.5. The lowest BCUT2D eigenvalue weighted by molar-refractivity contribution is -0.117. The highest BCUT2D eigenvalue weighted by molar-refractivity contribution is 7.19. The minimum Gasteiger partial charge on any atom is -0.494 e. The van der Waals surface area contributed by atoms with Crippen molar-refractivity contribution in [1.29, 1.82) is 0 Å². The van der Waals surface area contributed by atoms with Crippen LogP contribution in [-0.4, -0.2) is 74.6 Å². The van der Waals surface area contributed by atoms with Crippen molar-refractivity contribution in [2.24, 2.45) is 5.92 Å². The Labute approximate surface area is 245 Å². The van der Waals surface area contributed by atoms with E-state index in [1.807, 2.05) is 0 Å². The molecule has 41 heavy (non-hydrogen) atoms. The third kappa shape index (κ3) is 8.22. The SMILES string of the molecule is [B]C([B])([B])NC(=O)c1nnc(NC(=O)C2CC2)cc1Nc1cccc(-c2ncc(NC(=O)OC(C)(C)C)s2)c1OC. The molecule has 3 amide bonds. The van der Waals surface area contributed by atoms with Crippen molar-refractivity contribution < 1.29 is 23.9 Å². The minimum absolute atomic E-state index is 0.0757. The first-order chi connectivity index (χ1) is 19.2. The van der Waals surface area contributed by atoms with Gasteiger partial charge in [-0.2, -0.15) is 0 Å². The molecule has 16 heteroatoms. The van der Waals surface area contributed by atoms with E-state index in [4.69, 9.17) is 33.0 Å². The van der Waals surface area contributed by atoms with E-state index in [9.17, 15) is 14.4 Å². The second-order valence-electron chi connectivity index (χ2n) is 10.3. The van der Waals surface area contributed by atoms with Crippen molar-refractivity contribution in [2.45, 2.75) is 44.5 Å². The second-order valence-corrected chi connectivity index (χ2v) is 11.3. The number of carbonyl (C=O) groups is 3. The molecule has 1 aromatic carbocycles. The van der Waals surface area contributed by atoms with E-state index in [-0.39, 0.29) is 29.0 Å². The molecule has 1 saturated carbocycles. The van der Waals surface area contributed by atoms with Gasteiger partial charge in [0.1, 0.15) is 15.6 Å². The van der Waals surface area contributed by atoms with E-state index < -0.39 is 22.8 Å². The summed E-state index contributed by atoms with van der Waals surface area (Å²) in [6.07, 6.45) is 2.50. The Kier molecular flexibility index (Phi) is 8.62. The summed E-state index contributed by atoms with van der Waals surface area (Å²) in [6, 6.07) is 6.69. The van der Waals surface area contributed by atoms with E-state index >= 15 is 0 Å². The number of hydrogen-bond acceptors (Lipinski definition) is 10. The first kappa shape index (κ1) is 29.9. The summed E-state index contributed by atoms with van der Waals surface area (Å²) < 4.78 is 11.0. The van der Waals surface area contributed by atoms with Gasteiger partial charge in [-0.25, -0.2) is 9.78 Å². The molecule has 12 nitrogen and oxygen atoms in total. The number of ether oxygens (including phenoxy) is 2. The molecule has 4 rings (SSSR count). The molecule has 0 aliphatic heterocycles. The van der Waals surface area contributed by atoms with Gasteiger partial charge in [0.15, 0.2) is 17.3 Å². The number of methoxy groups -OCH3 is 1. The van der Waals surface area contributed by atoms with Crippen LogP contribution in [0.5, 0.6) is 5.75 Å². The lowest BCUT2D eigenvalue weighted by Crippen LogP contribution is -2.50. The number of nitrogens with one attached hydrogen (secondary N) is 4. The van der Waals surface area contributed by atoms with Crippen molar-refractivity contribution in [1.82, 2.24) is 20.5 Å². The number of anilines is 4. The van der Waals surface area contributed by atoms with Gasteiger partial charge < -0.3 is 25.4 Å². The number of hydrogen-bond donors (Lipinski definition) is 4. The lowest BCUT2D eigenvalue weighted by Gasteiger charge is -2.23. The quantitative estimate of drug-likeness (QED) is 0.285. The molecule has 1 fully saturated rings. The van der Waals surface area contributed by atoms with Crippen molar-refractivity contribution in [2.75, 3.05) is 23.1 Å². The fraction of sp³-hybridized carbons (Fsp3) is 0.360. The summed E-state index contributed by atoms with van der Waals surface area (Å²) in [4.78, 5) is 41.8. The van der Waals surface area contributed by atoms with Crippen molar-refractivity contribution in [3.8, 4) is 16.3 Å². The minimum atomic E-state index is -2.01. The van der Waals surface area contributed by atoms with Crippen LogP contribution in [0, 0.1) is 5.92 Å². The molecule has 0 saturated heterocycles. The van der Waals surface area contributed by atoms with Gasteiger partial charge in [-0.05, 0) is 45.7 Å². The Morgan fingerprint density at radius 2 is 1.78 bits per heavy atom. The Morgan fingerprint density at radius 3 is 2.41 bits per heavy atom. The lowest BCUT2D eigenvalue weighted by atomic mass is 9.49. The van der Waals surface area contributed by atoms with Crippen LogP contribution in [0.25, 0.3) is 10.6 Å². The third-order valence-electron chi connectivity index (χ3n) is 5.39. The first-order valence-corrected chi connectivity index (χ1v) is 13.3. The molecule has 206 valence electrons. The summed E-state index contributed by atoms with van der Waals surface area (Å²) in [6.45, 7) is 5.30. The molecule has 1 aliphatic rings. The summed E-state index contributed by atoms with van der Waals surface area (Å²) in [5.74, 6) is -0.558. The smallest absolute Gasteiger partial charge is 0.412 e. The van der Waals surface area contributed by atoms with E-state index in [2.05, 4.69) is 36.4 Å². The van der Waals surface area contributed by atoms with Crippen LogP contribution in [0.4, 0.5) is 27.0 Å². The molecule has 3 aromatic rings. The van der Waals surface area contributed by atoms with E-state index in [1.165, 1.54) is 30.7 Å². The number of amides is 3. The van der Waals surface area contributed by atoms with Crippen LogP contribution >= 0.6 is 11.3 Å². The predicted molar refractivity (Wildman–Crippen MR) is 158 cm³/mol. The highest BCUT2D eigenvalue weighted by Crippen LogP contribution is 2.41. The maximum Gasteiger partial charge on any atom is 0.412 e. The molecular weight excluding hydrogens is 543 g/mol. The average molecular weight is 569 g/mol. The molecule has 0 spiro atoms. The molecule has 1 aliphatic carbocycles. The van der Waals surface area contributed by atoms with Gasteiger partial charge in [-0.15, -0.1) is 10.2 Å². The van der Waals surface area contributed by atoms with Crippen molar-refractivity contribution in [3.05, 3.63) is 36.2 Å². The van der Waals surface area contributed by atoms with E-state index in [0.29, 0.717) is 27.0 Å². The molecule has 0 atom stereocenters. The zero-order valence-electron chi connectivity index (χ0n) is 22.9. The molecule has 0 unspecified atom stereocenters. The van der Waals surface area contributed by atoms with Gasteiger partial charge in [0, 0.05) is 12.0 Å². The second kappa shape index (κ2) is 11.8. The van der Waals surface area contributed by atoms with Crippen molar-refractivity contribution >= 4 is 75.0 Å². The number of benzene rings is 1. The zero-order valence-corrected chi connectivity index (χ0v) is 23.7. The van der Waals surface area contributed by atoms with Gasteiger partial charge >= 0.3 is 6.09 Å². The Morgan fingerprint density at radius 1 is 1.05 bits per heavy atom. The number of aromatic nitrogens is 3. The average Bonchev–Trinajstić information content (AvgIpc) is 3.61.